The van der Waals surface area contributed by atoms with E-state index in [-0.39, 0.29) is 17.3 Å². The molecule has 0 radical (unpaired) electrons. The fourth-order valence-electron chi connectivity index (χ4n) is 2.96. The zero-order valence-electron chi connectivity index (χ0n) is 15.2. The zero-order valence-corrected chi connectivity index (χ0v) is 16.7. The highest BCUT2D eigenvalue weighted by molar-refractivity contribution is 6.35. The Kier molecular flexibility index (Phi) is 6.90. The number of alkyl halides is 2. The molecule has 1 aromatic carbocycles. The highest BCUT2D eigenvalue weighted by Gasteiger charge is 2.18. The number of hydrogen-bond donors (Lipinski definition) is 2. The highest BCUT2D eigenvalue weighted by Crippen LogP contribution is 2.34. The number of fused-ring (bicyclic) bond motifs is 1. The molecule has 152 valence electrons. The number of rotatable bonds is 7. The van der Waals surface area contributed by atoms with Crippen LogP contribution in [-0.4, -0.2) is 33.9 Å². The second kappa shape index (κ2) is 9.38. The number of benzene rings is 1. The van der Waals surface area contributed by atoms with Crippen molar-refractivity contribution in [1.82, 2.24) is 25.4 Å². The third kappa shape index (κ3) is 5.02. The van der Waals surface area contributed by atoms with Crippen LogP contribution in [0.3, 0.4) is 0 Å². The van der Waals surface area contributed by atoms with E-state index in [1.165, 1.54) is 12.1 Å². The van der Waals surface area contributed by atoms with E-state index in [4.69, 9.17) is 23.2 Å². The van der Waals surface area contributed by atoms with E-state index >= 15 is 0 Å². The zero-order chi connectivity index (χ0) is 20.1. The first-order valence-electron chi connectivity index (χ1n) is 8.83. The first-order valence-corrected chi connectivity index (χ1v) is 9.59. The van der Waals surface area contributed by atoms with Crippen LogP contribution < -0.4 is 15.4 Å². The summed E-state index contributed by atoms with van der Waals surface area (Å²) in [6.07, 6.45) is 2.00. The minimum absolute atomic E-state index is 0.00924. The Morgan fingerprint density at radius 2 is 2.14 bits per heavy atom. The Morgan fingerprint density at radius 1 is 1.32 bits per heavy atom. The van der Waals surface area contributed by atoms with Crippen molar-refractivity contribution in [1.29, 1.82) is 0 Å². The van der Waals surface area contributed by atoms with Crippen LogP contribution in [0.25, 0.3) is 0 Å². The average Bonchev–Trinajstić information content (AvgIpc) is 3.24. The van der Waals surface area contributed by atoms with Gasteiger partial charge in [0.2, 0.25) is 0 Å². The Labute approximate surface area is 171 Å². The van der Waals surface area contributed by atoms with Crippen molar-refractivity contribution < 1.29 is 13.5 Å². The lowest BCUT2D eigenvalue weighted by molar-refractivity contribution is -0.0503. The lowest BCUT2D eigenvalue weighted by Crippen LogP contribution is -2.37. The summed E-state index contributed by atoms with van der Waals surface area (Å²) in [7, 11) is 0. The van der Waals surface area contributed by atoms with Gasteiger partial charge in [-0.2, -0.15) is 8.78 Å². The third-order valence-electron chi connectivity index (χ3n) is 4.14. The predicted octanol–water partition coefficient (Wildman–Crippen LogP) is 3.39. The summed E-state index contributed by atoms with van der Waals surface area (Å²) in [4.78, 5) is 4.42. The molecule has 2 N–H and O–H groups in total. The molecule has 0 fully saturated rings. The van der Waals surface area contributed by atoms with Crippen molar-refractivity contribution in [3.8, 4) is 5.75 Å². The van der Waals surface area contributed by atoms with Crippen LogP contribution in [0, 0.1) is 0 Å². The van der Waals surface area contributed by atoms with Crippen LogP contribution in [0.2, 0.25) is 10.0 Å². The van der Waals surface area contributed by atoms with Crippen LogP contribution in [0.15, 0.2) is 17.1 Å². The van der Waals surface area contributed by atoms with Gasteiger partial charge in [0.05, 0.1) is 18.1 Å². The molecule has 0 spiro atoms. The number of nitrogens with zero attached hydrogens (tertiary/aromatic N) is 4. The van der Waals surface area contributed by atoms with Gasteiger partial charge < -0.3 is 19.9 Å². The summed E-state index contributed by atoms with van der Waals surface area (Å²) in [5, 5.41) is 15.0. The standard InChI is InChI=1S/C17H20Cl2F2N6O/c1-2-22-17(24-9-14-26-25-13-4-3-5-27(13)14)23-8-10-6-11(18)7-12(19)15(10)28-16(20)21/h6-7,16H,2-5,8-9H2,1H3,(H2,22,23,24). The van der Waals surface area contributed by atoms with E-state index in [9.17, 15) is 8.78 Å². The molecule has 0 saturated heterocycles. The van der Waals surface area contributed by atoms with Gasteiger partial charge in [0, 0.05) is 30.1 Å². The molecule has 28 heavy (non-hydrogen) atoms. The molecule has 0 bridgehead atoms. The predicted molar refractivity (Wildman–Crippen MR) is 103 cm³/mol. The normalized spacial score (nSPS) is 13.7. The van der Waals surface area contributed by atoms with Crippen molar-refractivity contribution in [2.24, 2.45) is 4.99 Å². The maximum atomic E-state index is 12.7. The molecule has 1 aromatic heterocycles. The average molecular weight is 433 g/mol. The van der Waals surface area contributed by atoms with E-state index in [2.05, 4.69) is 35.1 Å². The van der Waals surface area contributed by atoms with E-state index in [0.717, 1.165) is 31.0 Å². The summed E-state index contributed by atoms with van der Waals surface area (Å²) in [5.41, 5.74) is 0.360. The Balaban J connectivity index is 1.73. The fourth-order valence-corrected chi connectivity index (χ4v) is 3.54. The second-order valence-corrected chi connectivity index (χ2v) is 6.93. The smallest absolute Gasteiger partial charge is 0.387 e. The number of nitrogens with one attached hydrogen (secondary N) is 2. The van der Waals surface area contributed by atoms with Gasteiger partial charge in [0.25, 0.3) is 0 Å². The SMILES string of the molecule is CCNC(=NCc1cc(Cl)cc(Cl)c1OC(F)F)NCc1nnc2n1CCC2. The number of halogens is 4. The first kappa shape index (κ1) is 20.6. The molecule has 1 aliphatic rings. The van der Waals surface area contributed by atoms with E-state index in [1.807, 2.05) is 6.92 Å². The molecule has 0 atom stereocenters. The number of aliphatic imine (C=N–C) groups is 1. The quantitative estimate of drug-likeness (QED) is 0.517. The van der Waals surface area contributed by atoms with Crippen LogP contribution in [0.4, 0.5) is 8.78 Å². The highest BCUT2D eigenvalue weighted by atomic mass is 35.5. The number of ether oxygens (including phenoxy) is 1. The van der Waals surface area contributed by atoms with Gasteiger partial charge in [0.15, 0.2) is 11.8 Å². The summed E-state index contributed by atoms with van der Waals surface area (Å²) in [6.45, 7) is 0.949. The van der Waals surface area contributed by atoms with Gasteiger partial charge in [-0.15, -0.1) is 10.2 Å². The summed E-state index contributed by atoms with van der Waals surface area (Å²) < 4.78 is 32.0. The molecule has 0 amide bonds. The minimum Gasteiger partial charge on any atom is -0.433 e. The maximum Gasteiger partial charge on any atom is 0.387 e. The Morgan fingerprint density at radius 3 is 2.89 bits per heavy atom. The molecule has 2 heterocycles. The molecule has 11 heteroatoms. The van der Waals surface area contributed by atoms with Gasteiger partial charge in [-0.05, 0) is 25.5 Å². The van der Waals surface area contributed by atoms with Crippen LogP contribution in [0.5, 0.6) is 5.75 Å². The number of aryl methyl sites for hydroxylation is 1. The number of aromatic nitrogens is 3. The van der Waals surface area contributed by atoms with Gasteiger partial charge in [0.1, 0.15) is 11.6 Å². The van der Waals surface area contributed by atoms with E-state index < -0.39 is 6.61 Å². The molecule has 0 aliphatic carbocycles. The summed E-state index contributed by atoms with van der Waals surface area (Å²) >= 11 is 12.0. The third-order valence-corrected chi connectivity index (χ3v) is 4.64. The molecular formula is C17H20Cl2F2N6O. The fraction of sp³-hybridized carbons (Fsp3) is 0.471. The Bertz CT molecular complexity index is 858. The van der Waals surface area contributed by atoms with Gasteiger partial charge >= 0.3 is 6.61 Å². The second-order valence-electron chi connectivity index (χ2n) is 6.09. The Hall–Kier alpha value is -2.13. The topological polar surface area (TPSA) is 76.4 Å². The minimum atomic E-state index is -3.00. The largest absolute Gasteiger partial charge is 0.433 e. The lowest BCUT2D eigenvalue weighted by Gasteiger charge is -2.14. The molecule has 7 nitrogen and oxygen atoms in total. The molecule has 0 unspecified atom stereocenters. The van der Waals surface area contributed by atoms with Crippen LogP contribution in [0.1, 0.15) is 30.6 Å². The summed E-state index contributed by atoms with van der Waals surface area (Å²) in [5.74, 6) is 2.18. The van der Waals surface area contributed by atoms with Crippen molar-refractivity contribution in [3.05, 3.63) is 39.4 Å². The molecule has 0 saturated carbocycles. The van der Waals surface area contributed by atoms with Crippen molar-refractivity contribution in [2.75, 3.05) is 6.54 Å². The monoisotopic (exact) mass is 432 g/mol. The number of guanidine groups is 1. The maximum absolute atomic E-state index is 12.7. The van der Waals surface area contributed by atoms with Gasteiger partial charge in [-0.3, -0.25) is 0 Å². The van der Waals surface area contributed by atoms with Crippen LogP contribution in [-0.2, 0) is 26.1 Å². The molecule has 1 aliphatic heterocycles. The van der Waals surface area contributed by atoms with Crippen LogP contribution >= 0.6 is 23.2 Å². The molecular weight excluding hydrogens is 413 g/mol. The van der Waals surface area contributed by atoms with Crippen molar-refractivity contribution >= 4 is 29.2 Å². The van der Waals surface area contributed by atoms with E-state index in [1.54, 1.807) is 0 Å². The van der Waals surface area contributed by atoms with Crippen molar-refractivity contribution in [2.45, 2.75) is 46.0 Å². The van der Waals surface area contributed by atoms with Gasteiger partial charge in [-0.1, -0.05) is 23.2 Å². The van der Waals surface area contributed by atoms with Gasteiger partial charge in [-0.25, -0.2) is 4.99 Å². The lowest BCUT2D eigenvalue weighted by atomic mass is 10.2. The molecule has 3 rings (SSSR count). The number of hydrogen-bond acceptors (Lipinski definition) is 4. The van der Waals surface area contributed by atoms with Crippen molar-refractivity contribution in [3.63, 3.8) is 0 Å². The molecule has 2 aromatic rings. The first-order chi connectivity index (χ1) is 13.5. The van der Waals surface area contributed by atoms with E-state index in [0.29, 0.717) is 29.6 Å². The summed E-state index contributed by atoms with van der Waals surface area (Å²) in [6, 6.07) is 2.85.